The fraction of sp³-hybridized carbons (Fsp3) is 0.214. The minimum atomic E-state index is -0.426. The first-order valence-electron chi connectivity index (χ1n) is 10.9. The van der Waals surface area contributed by atoms with Gasteiger partial charge in [0.1, 0.15) is 6.61 Å². The zero-order chi connectivity index (χ0) is 21.9. The van der Waals surface area contributed by atoms with Gasteiger partial charge in [-0.25, -0.2) is 4.79 Å². The molecule has 0 aliphatic heterocycles. The summed E-state index contributed by atoms with van der Waals surface area (Å²) < 4.78 is 5.53. The van der Waals surface area contributed by atoms with Crippen molar-refractivity contribution in [1.29, 1.82) is 0 Å². The topological polar surface area (TPSA) is 55.4 Å². The van der Waals surface area contributed by atoms with Crippen LogP contribution < -0.4 is 5.32 Å². The van der Waals surface area contributed by atoms with Gasteiger partial charge in [-0.05, 0) is 52.4 Å². The van der Waals surface area contributed by atoms with Gasteiger partial charge in [-0.1, -0.05) is 60.4 Å². The van der Waals surface area contributed by atoms with E-state index < -0.39 is 6.09 Å². The van der Waals surface area contributed by atoms with E-state index in [1.165, 1.54) is 22.3 Å². The molecular formula is C28H23NO3. The van der Waals surface area contributed by atoms with Gasteiger partial charge in [0.25, 0.3) is 0 Å². The molecule has 0 spiro atoms. The van der Waals surface area contributed by atoms with Crippen LogP contribution in [-0.2, 0) is 11.2 Å². The van der Waals surface area contributed by atoms with Crippen molar-refractivity contribution in [3.05, 3.63) is 94.5 Å². The molecule has 1 amide bonds. The molecule has 2 aliphatic carbocycles. The molecule has 0 unspecified atom stereocenters. The van der Waals surface area contributed by atoms with Crippen molar-refractivity contribution in [2.45, 2.75) is 25.2 Å². The Balaban J connectivity index is 1.12. The number of carbonyl (C=O) groups excluding carboxylic acids is 2. The minimum Gasteiger partial charge on any atom is -0.449 e. The van der Waals surface area contributed by atoms with E-state index in [0.29, 0.717) is 26.0 Å². The van der Waals surface area contributed by atoms with Gasteiger partial charge in [0.15, 0.2) is 5.78 Å². The zero-order valence-corrected chi connectivity index (χ0v) is 17.7. The third-order valence-corrected chi connectivity index (χ3v) is 6.12. The molecule has 0 saturated heterocycles. The molecule has 0 aromatic heterocycles. The molecule has 0 heterocycles. The smallest absolute Gasteiger partial charge is 0.407 e. The highest BCUT2D eigenvalue weighted by Crippen LogP contribution is 2.44. The molecule has 0 bridgehead atoms. The average Bonchev–Trinajstić information content (AvgIpc) is 3.35. The molecule has 32 heavy (non-hydrogen) atoms. The number of amides is 1. The monoisotopic (exact) mass is 421 g/mol. The molecular weight excluding hydrogens is 398 g/mol. The van der Waals surface area contributed by atoms with Crippen molar-refractivity contribution < 1.29 is 14.3 Å². The minimum absolute atomic E-state index is 0.0552. The normalized spacial score (nSPS) is 13.6. The predicted molar refractivity (Wildman–Crippen MR) is 124 cm³/mol. The van der Waals surface area contributed by atoms with Gasteiger partial charge in [0.05, 0.1) is 0 Å². The summed E-state index contributed by atoms with van der Waals surface area (Å²) in [7, 11) is 0. The number of alkyl carbamates (subject to hydrolysis) is 1. The third-order valence-electron chi connectivity index (χ3n) is 6.12. The first-order chi connectivity index (χ1) is 15.7. The zero-order valence-electron chi connectivity index (χ0n) is 17.7. The Labute approximate surface area is 187 Å². The van der Waals surface area contributed by atoms with Gasteiger partial charge < -0.3 is 10.1 Å². The summed E-state index contributed by atoms with van der Waals surface area (Å²) in [4.78, 5) is 23.9. The number of rotatable bonds is 4. The number of hydrogen-bond donors (Lipinski definition) is 1. The Morgan fingerprint density at radius 1 is 0.938 bits per heavy atom. The number of benzene rings is 3. The molecule has 0 saturated carbocycles. The largest absolute Gasteiger partial charge is 0.449 e. The summed E-state index contributed by atoms with van der Waals surface area (Å²) >= 11 is 0. The number of Topliss-reactive ketones (excluding diaryl/α,β-unsaturated/α-hetero) is 1. The number of hydrogen-bond acceptors (Lipinski definition) is 3. The van der Waals surface area contributed by atoms with Crippen LogP contribution in [0, 0.1) is 11.8 Å². The molecule has 0 atom stereocenters. The highest BCUT2D eigenvalue weighted by atomic mass is 16.5. The quantitative estimate of drug-likeness (QED) is 0.471. The first kappa shape index (κ1) is 20.1. The molecule has 4 nitrogen and oxygen atoms in total. The lowest BCUT2D eigenvalue weighted by Crippen LogP contribution is -2.26. The van der Waals surface area contributed by atoms with E-state index in [2.05, 4.69) is 41.4 Å². The van der Waals surface area contributed by atoms with Gasteiger partial charge in [0, 0.05) is 36.4 Å². The lowest BCUT2D eigenvalue weighted by atomic mass is 9.98. The Morgan fingerprint density at radius 2 is 1.66 bits per heavy atom. The van der Waals surface area contributed by atoms with Crippen LogP contribution in [0.3, 0.4) is 0 Å². The second-order valence-corrected chi connectivity index (χ2v) is 8.10. The van der Waals surface area contributed by atoms with E-state index in [-0.39, 0.29) is 11.7 Å². The lowest BCUT2D eigenvalue weighted by molar-refractivity contribution is 0.0994. The van der Waals surface area contributed by atoms with Crippen LogP contribution in [0.4, 0.5) is 4.79 Å². The van der Waals surface area contributed by atoms with Crippen LogP contribution in [0.15, 0.2) is 66.7 Å². The van der Waals surface area contributed by atoms with E-state index in [1.807, 2.05) is 42.5 Å². The highest BCUT2D eigenvalue weighted by Gasteiger charge is 2.28. The van der Waals surface area contributed by atoms with E-state index >= 15 is 0 Å². The van der Waals surface area contributed by atoms with Gasteiger partial charge in [-0.15, -0.1) is 0 Å². The Morgan fingerprint density at radius 3 is 2.41 bits per heavy atom. The van der Waals surface area contributed by atoms with Crippen molar-refractivity contribution in [2.75, 3.05) is 13.2 Å². The van der Waals surface area contributed by atoms with Crippen LogP contribution in [0.1, 0.15) is 51.4 Å². The second kappa shape index (κ2) is 8.72. The number of ketones is 1. The van der Waals surface area contributed by atoms with Gasteiger partial charge in [0.2, 0.25) is 0 Å². The van der Waals surface area contributed by atoms with Crippen LogP contribution in [-0.4, -0.2) is 25.0 Å². The highest BCUT2D eigenvalue weighted by molar-refractivity contribution is 6.00. The van der Waals surface area contributed by atoms with E-state index in [4.69, 9.17) is 4.74 Å². The lowest BCUT2D eigenvalue weighted by Gasteiger charge is -2.14. The van der Waals surface area contributed by atoms with Crippen LogP contribution in [0.2, 0.25) is 0 Å². The summed E-state index contributed by atoms with van der Waals surface area (Å²) in [5, 5.41) is 2.78. The summed E-state index contributed by atoms with van der Waals surface area (Å²) in [6, 6.07) is 22.3. The summed E-state index contributed by atoms with van der Waals surface area (Å²) in [6.45, 7) is 0.729. The number of nitrogens with one attached hydrogen (secondary N) is 1. The number of ether oxygens (including phenoxy) is 1. The molecule has 3 aromatic carbocycles. The van der Waals surface area contributed by atoms with Crippen LogP contribution >= 0.6 is 0 Å². The number of carbonyl (C=O) groups is 2. The number of aryl methyl sites for hydroxylation is 1. The summed E-state index contributed by atoms with van der Waals surface area (Å²) in [6.07, 6.45) is 1.49. The molecule has 0 radical (unpaired) electrons. The maximum atomic E-state index is 12.2. The van der Waals surface area contributed by atoms with E-state index in [1.54, 1.807) is 0 Å². The maximum absolute atomic E-state index is 12.2. The molecule has 1 N–H and O–H groups in total. The van der Waals surface area contributed by atoms with Crippen molar-refractivity contribution in [2.24, 2.45) is 0 Å². The van der Waals surface area contributed by atoms with Gasteiger partial charge in [-0.2, -0.15) is 0 Å². The standard InChI is InChI=1S/C28H23NO3/c30-27-15-13-20-17-19(12-14-21(20)27)7-5-6-16-29-28(31)32-18-26-24-10-3-1-8-22(24)23-9-2-4-11-25(23)26/h1-4,8-12,14,17,26H,6,13,15-16,18H2,(H,29,31). The molecule has 0 fully saturated rings. The molecule has 3 aromatic rings. The van der Waals surface area contributed by atoms with E-state index in [9.17, 15) is 9.59 Å². The SMILES string of the molecule is O=C(NCCC#Cc1ccc2c(c1)CCC2=O)OCC1c2ccccc2-c2ccccc21. The Hall–Kier alpha value is -3.84. The average molecular weight is 421 g/mol. The maximum Gasteiger partial charge on any atom is 0.407 e. The second-order valence-electron chi connectivity index (χ2n) is 8.10. The fourth-order valence-electron chi connectivity index (χ4n) is 4.57. The predicted octanol–water partition coefficient (Wildman–Crippen LogP) is 5.10. The van der Waals surface area contributed by atoms with E-state index in [0.717, 1.165) is 23.1 Å². The number of fused-ring (bicyclic) bond motifs is 4. The molecule has 2 aliphatic rings. The van der Waals surface area contributed by atoms with Gasteiger partial charge >= 0.3 is 6.09 Å². The van der Waals surface area contributed by atoms with Crippen LogP contribution in [0.25, 0.3) is 11.1 Å². The Kier molecular flexibility index (Phi) is 5.47. The third kappa shape index (κ3) is 3.90. The van der Waals surface area contributed by atoms with Crippen LogP contribution in [0.5, 0.6) is 0 Å². The van der Waals surface area contributed by atoms with Crippen molar-refractivity contribution in [3.63, 3.8) is 0 Å². The summed E-state index contributed by atoms with van der Waals surface area (Å²) in [5.41, 5.74) is 7.63. The first-order valence-corrected chi connectivity index (χ1v) is 10.9. The molecule has 5 rings (SSSR count). The molecule has 158 valence electrons. The fourth-order valence-corrected chi connectivity index (χ4v) is 4.57. The van der Waals surface area contributed by atoms with Crippen molar-refractivity contribution in [3.8, 4) is 23.0 Å². The Bertz CT molecular complexity index is 1220. The van der Waals surface area contributed by atoms with Gasteiger partial charge in [-0.3, -0.25) is 4.79 Å². The van der Waals surface area contributed by atoms with Crippen molar-refractivity contribution in [1.82, 2.24) is 5.32 Å². The molecule has 4 heteroatoms. The summed E-state index contributed by atoms with van der Waals surface area (Å²) in [5.74, 6) is 6.46. The van der Waals surface area contributed by atoms with Crippen molar-refractivity contribution >= 4 is 11.9 Å².